The van der Waals surface area contributed by atoms with Gasteiger partial charge in [-0.15, -0.1) is 11.3 Å². The standard InChI is InChI=1S/C19H17N3O3S2/c1-12-20-17(11-26-12)13-3-5-15(6-4-13)21-27(24,25)16-7-8-18-14(9-16)10-19(23)22(18)2/h3-9,11,21H,10H2,1-2H3. The van der Waals surface area contributed by atoms with Gasteiger partial charge in [-0.05, 0) is 42.8 Å². The summed E-state index contributed by atoms with van der Waals surface area (Å²) in [4.78, 5) is 17.9. The summed E-state index contributed by atoms with van der Waals surface area (Å²) in [7, 11) is -2.05. The average Bonchev–Trinajstić information content (AvgIpc) is 3.19. The van der Waals surface area contributed by atoms with Gasteiger partial charge in [-0.25, -0.2) is 13.4 Å². The van der Waals surface area contributed by atoms with E-state index in [1.54, 1.807) is 42.6 Å². The predicted molar refractivity (Wildman–Crippen MR) is 107 cm³/mol. The molecule has 27 heavy (non-hydrogen) atoms. The van der Waals surface area contributed by atoms with Crippen molar-refractivity contribution in [1.82, 2.24) is 4.98 Å². The normalized spacial score (nSPS) is 13.7. The van der Waals surface area contributed by atoms with Crippen molar-refractivity contribution in [2.24, 2.45) is 0 Å². The van der Waals surface area contributed by atoms with E-state index in [1.807, 2.05) is 24.4 Å². The monoisotopic (exact) mass is 399 g/mol. The van der Waals surface area contributed by atoms with Crippen LogP contribution in [0.4, 0.5) is 11.4 Å². The van der Waals surface area contributed by atoms with E-state index in [1.165, 1.54) is 11.0 Å². The van der Waals surface area contributed by atoms with E-state index in [-0.39, 0.29) is 17.2 Å². The van der Waals surface area contributed by atoms with Gasteiger partial charge >= 0.3 is 0 Å². The Morgan fingerprint density at radius 2 is 1.89 bits per heavy atom. The smallest absolute Gasteiger partial charge is 0.261 e. The van der Waals surface area contributed by atoms with Crippen molar-refractivity contribution in [3.63, 3.8) is 0 Å². The highest BCUT2D eigenvalue weighted by atomic mass is 32.2. The van der Waals surface area contributed by atoms with Crippen LogP contribution in [-0.2, 0) is 21.2 Å². The van der Waals surface area contributed by atoms with Gasteiger partial charge in [-0.1, -0.05) is 12.1 Å². The minimum absolute atomic E-state index is 0.0413. The first-order valence-corrected chi connectivity index (χ1v) is 10.6. The maximum Gasteiger partial charge on any atom is 0.261 e. The third kappa shape index (κ3) is 3.33. The molecule has 0 bridgehead atoms. The molecule has 1 N–H and O–H groups in total. The van der Waals surface area contributed by atoms with Gasteiger partial charge in [0, 0.05) is 29.4 Å². The SMILES string of the molecule is Cc1nc(-c2ccc(NS(=O)(=O)c3ccc4c(c3)CC(=O)N4C)cc2)cs1. The summed E-state index contributed by atoms with van der Waals surface area (Å²) >= 11 is 1.57. The van der Waals surface area contributed by atoms with E-state index < -0.39 is 10.0 Å². The fourth-order valence-electron chi connectivity index (χ4n) is 3.03. The van der Waals surface area contributed by atoms with Crippen molar-refractivity contribution in [2.45, 2.75) is 18.2 Å². The number of fused-ring (bicyclic) bond motifs is 1. The molecule has 4 rings (SSSR count). The molecule has 0 unspecified atom stereocenters. The second-order valence-corrected chi connectivity index (χ2v) is 9.10. The molecule has 0 spiro atoms. The number of thiazole rings is 1. The Labute approximate surface area is 161 Å². The number of rotatable bonds is 4. The maximum absolute atomic E-state index is 12.7. The zero-order valence-electron chi connectivity index (χ0n) is 14.8. The van der Waals surface area contributed by atoms with Crippen molar-refractivity contribution < 1.29 is 13.2 Å². The highest BCUT2D eigenvalue weighted by molar-refractivity contribution is 7.92. The molecule has 138 valence electrons. The zero-order chi connectivity index (χ0) is 19.2. The number of anilines is 2. The molecule has 8 heteroatoms. The molecule has 1 aromatic heterocycles. The minimum Gasteiger partial charge on any atom is -0.315 e. The van der Waals surface area contributed by atoms with Crippen LogP contribution in [0.3, 0.4) is 0 Å². The Kier molecular flexibility index (Phi) is 4.24. The Morgan fingerprint density at radius 1 is 1.15 bits per heavy atom. The molecule has 0 fully saturated rings. The highest BCUT2D eigenvalue weighted by Gasteiger charge is 2.26. The molecule has 1 aliphatic heterocycles. The molecule has 0 aliphatic carbocycles. The Hall–Kier alpha value is -2.71. The Bertz CT molecular complexity index is 1140. The lowest BCUT2D eigenvalue weighted by molar-refractivity contribution is -0.117. The lowest BCUT2D eigenvalue weighted by Gasteiger charge is -2.12. The van der Waals surface area contributed by atoms with E-state index in [9.17, 15) is 13.2 Å². The third-order valence-corrected chi connectivity index (χ3v) is 6.64. The number of amides is 1. The van der Waals surface area contributed by atoms with E-state index in [0.29, 0.717) is 5.69 Å². The largest absolute Gasteiger partial charge is 0.315 e. The van der Waals surface area contributed by atoms with Crippen LogP contribution in [0.25, 0.3) is 11.3 Å². The van der Waals surface area contributed by atoms with Crippen LogP contribution in [0.1, 0.15) is 10.6 Å². The number of aryl methyl sites for hydroxylation is 1. The Balaban J connectivity index is 1.57. The number of likely N-dealkylation sites (N-methyl/N-ethyl adjacent to an activating group) is 1. The van der Waals surface area contributed by atoms with Crippen LogP contribution in [0.2, 0.25) is 0 Å². The number of sulfonamides is 1. The minimum atomic E-state index is -3.74. The lowest BCUT2D eigenvalue weighted by Crippen LogP contribution is -2.20. The van der Waals surface area contributed by atoms with Crippen LogP contribution in [-0.4, -0.2) is 26.4 Å². The number of benzene rings is 2. The van der Waals surface area contributed by atoms with E-state index in [4.69, 9.17) is 0 Å². The molecule has 0 atom stereocenters. The molecule has 0 radical (unpaired) electrons. The van der Waals surface area contributed by atoms with Gasteiger partial charge in [-0.2, -0.15) is 0 Å². The molecule has 6 nitrogen and oxygen atoms in total. The van der Waals surface area contributed by atoms with Gasteiger partial charge in [0.15, 0.2) is 0 Å². The summed E-state index contributed by atoms with van der Waals surface area (Å²) in [5.41, 5.74) is 3.75. The summed E-state index contributed by atoms with van der Waals surface area (Å²) < 4.78 is 28.0. The van der Waals surface area contributed by atoms with E-state index >= 15 is 0 Å². The number of carbonyl (C=O) groups is 1. The van der Waals surface area contributed by atoms with E-state index in [0.717, 1.165) is 27.5 Å². The van der Waals surface area contributed by atoms with Crippen LogP contribution in [0, 0.1) is 6.92 Å². The number of carbonyl (C=O) groups excluding carboxylic acids is 1. The molecule has 1 amide bonds. The van der Waals surface area contributed by atoms with Gasteiger partial charge in [0.2, 0.25) is 5.91 Å². The molecular weight excluding hydrogens is 382 g/mol. The number of nitrogens with zero attached hydrogens (tertiary/aromatic N) is 2. The first-order valence-electron chi connectivity index (χ1n) is 8.28. The van der Waals surface area contributed by atoms with Crippen molar-refractivity contribution in [2.75, 3.05) is 16.7 Å². The summed E-state index contributed by atoms with van der Waals surface area (Å²) in [6.45, 7) is 1.94. The van der Waals surface area contributed by atoms with Gasteiger partial charge < -0.3 is 4.90 Å². The molecule has 0 saturated carbocycles. The molecule has 2 heterocycles. The van der Waals surface area contributed by atoms with Crippen molar-refractivity contribution in [1.29, 1.82) is 0 Å². The fourth-order valence-corrected chi connectivity index (χ4v) is 4.76. The first-order chi connectivity index (χ1) is 12.8. The molecule has 1 aliphatic rings. The molecule has 2 aromatic carbocycles. The van der Waals surface area contributed by atoms with E-state index in [2.05, 4.69) is 9.71 Å². The quantitative estimate of drug-likeness (QED) is 0.729. The fraction of sp³-hybridized carbons (Fsp3) is 0.158. The maximum atomic E-state index is 12.7. The number of nitrogens with one attached hydrogen (secondary N) is 1. The van der Waals surface area contributed by atoms with Crippen LogP contribution < -0.4 is 9.62 Å². The molecular formula is C19H17N3O3S2. The number of hydrogen-bond donors (Lipinski definition) is 1. The average molecular weight is 399 g/mol. The van der Waals surface area contributed by atoms with Crippen molar-refractivity contribution >= 4 is 38.6 Å². The molecule has 3 aromatic rings. The lowest BCUT2D eigenvalue weighted by atomic mass is 10.1. The summed E-state index contributed by atoms with van der Waals surface area (Å²) in [6.07, 6.45) is 0.219. The zero-order valence-corrected chi connectivity index (χ0v) is 16.4. The molecule has 0 saturated heterocycles. The van der Waals surface area contributed by atoms with Gasteiger partial charge in [-0.3, -0.25) is 9.52 Å². The van der Waals surface area contributed by atoms with Crippen LogP contribution >= 0.6 is 11.3 Å². The number of aromatic nitrogens is 1. The number of hydrogen-bond acceptors (Lipinski definition) is 5. The van der Waals surface area contributed by atoms with Crippen LogP contribution in [0.5, 0.6) is 0 Å². The van der Waals surface area contributed by atoms with Gasteiger partial charge in [0.1, 0.15) is 0 Å². The van der Waals surface area contributed by atoms with Crippen molar-refractivity contribution in [3.05, 3.63) is 58.4 Å². The first kappa shape index (κ1) is 17.7. The summed E-state index contributed by atoms with van der Waals surface area (Å²) in [6, 6.07) is 11.8. The van der Waals surface area contributed by atoms with Gasteiger partial charge in [0.05, 0.1) is 22.0 Å². The topological polar surface area (TPSA) is 79.4 Å². The second kappa shape index (κ2) is 6.47. The predicted octanol–water partition coefficient (Wildman–Crippen LogP) is 3.44. The Morgan fingerprint density at radius 3 is 2.56 bits per heavy atom. The second-order valence-electron chi connectivity index (χ2n) is 6.35. The third-order valence-electron chi connectivity index (χ3n) is 4.49. The van der Waals surface area contributed by atoms with Gasteiger partial charge in [0.25, 0.3) is 10.0 Å². The van der Waals surface area contributed by atoms with Crippen molar-refractivity contribution in [3.8, 4) is 11.3 Å². The summed E-state index contributed by atoms with van der Waals surface area (Å²) in [5.74, 6) is -0.0413. The highest BCUT2D eigenvalue weighted by Crippen LogP contribution is 2.30. The summed E-state index contributed by atoms with van der Waals surface area (Å²) in [5, 5.41) is 2.95. The van der Waals surface area contributed by atoms with Crippen LogP contribution in [0.15, 0.2) is 52.7 Å².